The third-order valence-corrected chi connectivity index (χ3v) is 1.16. The van der Waals surface area contributed by atoms with E-state index >= 15 is 0 Å². The lowest BCUT2D eigenvalue weighted by molar-refractivity contribution is 0.938. The summed E-state index contributed by atoms with van der Waals surface area (Å²) in [6.45, 7) is 0. The van der Waals surface area contributed by atoms with Crippen LogP contribution < -0.4 is 0 Å². The molecule has 0 aliphatic heterocycles. The van der Waals surface area contributed by atoms with Crippen LogP contribution in [0.2, 0.25) is 0 Å². The molecule has 61 valence electrons. The molecule has 0 amide bonds. The van der Waals surface area contributed by atoms with Crippen LogP contribution in [-0.4, -0.2) is 8.63 Å². The predicted octanol–water partition coefficient (Wildman–Crippen LogP) is 4.32. The third kappa shape index (κ3) is 16.4. The quantitative estimate of drug-likeness (QED) is 0.618. The van der Waals surface area contributed by atoms with Crippen LogP contribution in [0.25, 0.3) is 0 Å². The Balaban J connectivity index is 0. The minimum atomic E-state index is -1.33. The first-order chi connectivity index (χ1) is 4.42. The van der Waals surface area contributed by atoms with Gasteiger partial charge in [-0.05, 0) is 0 Å². The van der Waals surface area contributed by atoms with Gasteiger partial charge in [0.1, 0.15) is 11.2 Å². The molecule has 0 nitrogen and oxygen atoms in total. The highest BCUT2D eigenvalue weighted by Crippen LogP contribution is 2.33. The van der Waals surface area contributed by atoms with Crippen molar-refractivity contribution in [3.05, 3.63) is 6.38 Å². The number of hydrogen-bond acceptors (Lipinski definition) is 0. The fourth-order valence-electron chi connectivity index (χ4n) is 0.175. The van der Waals surface area contributed by atoms with Crippen molar-refractivity contribution in [2.75, 3.05) is 0 Å². The summed E-state index contributed by atoms with van der Waals surface area (Å²) in [7, 11) is 0. The lowest BCUT2D eigenvalue weighted by atomic mass is 10.5. The molecule has 0 fully saturated rings. The molecule has 0 saturated carbocycles. The largest absolute Gasteiger partial charge is 0.193 e. The Kier molecular flexibility index (Phi) is 10.6. The van der Waals surface area contributed by atoms with Gasteiger partial charge in [-0.15, -0.1) is 34.8 Å². The zero-order valence-corrected chi connectivity index (χ0v) is 9.09. The van der Waals surface area contributed by atoms with Gasteiger partial charge in [-0.25, -0.2) is 0 Å². The Morgan fingerprint density at radius 1 is 1.10 bits per heavy atom. The highest BCUT2D eigenvalue weighted by atomic mass is 35.6. The summed E-state index contributed by atoms with van der Waals surface area (Å²) in [5.41, 5.74) is 0. The zero-order valence-electron chi connectivity index (χ0n) is 4.55. The molecule has 0 N–H and O–H groups in total. The van der Waals surface area contributed by atoms with Crippen LogP contribution in [0.3, 0.4) is 0 Å². The monoisotopic (exact) mass is 261 g/mol. The molecule has 0 atom stereocenters. The maximum Gasteiger partial charge on any atom is 0.193 e. The number of rotatable bonds is 1. The molecule has 0 rings (SSSR count). The van der Waals surface area contributed by atoms with Crippen molar-refractivity contribution in [3.8, 4) is 0 Å². The summed E-state index contributed by atoms with van der Waals surface area (Å²) in [5.74, 6) is 0. The van der Waals surface area contributed by atoms with Crippen LogP contribution in [-0.2, 0) is 0 Å². The van der Waals surface area contributed by atoms with Crippen molar-refractivity contribution in [1.82, 2.24) is 0 Å². The fourth-order valence-corrected chi connectivity index (χ4v) is 1.57. The van der Waals surface area contributed by atoms with E-state index in [0.717, 1.165) is 0 Å². The average Bonchev–Trinajstić information content (AvgIpc) is 1.64. The van der Waals surface area contributed by atoms with Gasteiger partial charge in [0.25, 0.3) is 0 Å². The molecule has 0 aromatic rings. The van der Waals surface area contributed by atoms with Gasteiger partial charge < -0.3 is 0 Å². The standard InChI is InChI=1S/C3H3Cl5.CCl/c4-2(5)1-3(6,7)8;1-2/h2H,1H2;. The van der Waals surface area contributed by atoms with Crippen molar-refractivity contribution in [3.63, 3.8) is 0 Å². The Bertz CT molecular complexity index is 64.6. The number of halogens is 6. The Morgan fingerprint density at radius 2 is 1.40 bits per heavy atom. The molecule has 0 saturated heterocycles. The highest BCUT2D eigenvalue weighted by Gasteiger charge is 2.22. The van der Waals surface area contributed by atoms with Gasteiger partial charge in [0.05, 0.1) is 0 Å². The molecular formula is C4H3Cl6. The van der Waals surface area contributed by atoms with Crippen molar-refractivity contribution in [1.29, 1.82) is 0 Å². The second-order valence-corrected chi connectivity index (χ2v) is 5.00. The summed E-state index contributed by atoms with van der Waals surface area (Å²) in [6.07, 6.45) is 5.38. The minimum absolute atomic E-state index is 0.154. The van der Waals surface area contributed by atoms with Crippen molar-refractivity contribution in [2.24, 2.45) is 0 Å². The van der Waals surface area contributed by atoms with Crippen LogP contribution in [0.15, 0.2) is 0 Å². The van der Waals surface area contributed by atoms with E-state index < -0.39 is 8.63 Å². The minimum Gasteiger partial charge on any atom is -0.113 e. The zero-order chi connectivity index (χ0) is 8.78. The van der Waals surface area contributed by atoms with Crippen molar-refractivity contribution >= 4 is 69.6 Å². The maximum absolute atomic E-state index is 5.29. The Morgan fingerprint density at radius 3 is 1.40 bits per heavy atom. The van der Waals surface area contributed by atoms with E-state index in [2.05, 4.69) is 11.6 Å². The second kappa shape index (κ2) is 7.39. The summed E-state index contributed by atoms with van der Waals surface area (Å²) in [4.78, 5) is -0.609. The molecule has 0 aliphatic carbocycles. The SMILES string of the molecule is ClC(Cl)CC(Cl)(Cl)Cl.[C]Cl. The normalized spacial score (nSPS) is 10.8. The maximum atomic E-state index is 5.29. The molecule has 0 aromatic heterocycles. The Hall–Kier alpha value is 1.74. The van der Waals surface area contributed by atoms with Crippen LogP contribution in [0, 0.1) is 6.38 Å². The van der Waals surface area contributed by atoms with Gasteiger partial charge in [-0.1, -0.05) is 34.8 Å². The summed E-state index contributed by atoms with van der Waals surface area (Å²) in [5, 5.41) is 0. The van der Waals surface area contributed by atoms with E-state index in [1.54, 1.807) is 0 Å². The predicted molar refractivity (Wildman–Crippen MR) is 49.5 cm³/mol. The van der Waals surface area contributed by atoms with E-state index in [1.807, 2.05) is 0 Å². The molecule has 0 aromatic carbocycles. The van der Waals surface area contributed by atoms with Crippen LogP contribution >= 0.6 is 69.6 Å². The topological polar surface area (TPSA) is 0 Å². The summed E-state index contributed by atoms with van der Waals surface area (Å²) in [6, 6.07) is 0. The molecule has 0 unspecified atom stereocenters. The number of alkyl halides is 5. The van der Waals surface area contributed by atoms with Gasteiger partial charge >= 0.3 is 0 Å². The van der Waals surface area contributed by atoms with Gasteiger partial charge in [0.2, 0.25) is 0 Å². The Labute approximate surface area is 90.7 Å². The van der Waals surface area contributed by atoms with Gasteiger partial charge in [-0.2, -0.15) is 0 Å². The highest BCUT2D eigenvalue weighted by molar-refractivity contribution is 6.68. The molecule has 6 heteroatoms. The average molecular weight is 264 g/mol. The molecule has 10 heavy (non-hydrogen) atoms. The van der Waals surface area contributed by atoms with E-state index in [4.69, 9.17) is 64.4 Å². The van der Waals surface area contributed by atoms with E-state index in [1.165, 1.54) is 0 Å². The van der Waals surface area contributed by atoms with Crippen LogP contribution in [0.1, 0.15) is 6.42 Å². The second-order valence-electron chi connectivity index (χ2n) is 1.21. The van der Waals surface area contributed by atoms with Crippen LogP contribution in [0.4, 0.5) is 0 Å². The molecular weight excluding hydrogens is 261 g/mol. The lowest BCUT2D eigenvalue weighted by Crippen LogP contribution is -2.06. The van der Waals surface area contributed by atoms with Gasteiger partial charge in [0.15, 0.2) is 3.79 Å². The fraction of sp³-hybridized carbons (Fsp3) is 0.750. The molecule has 0 bridgehead atoms. The van der Waals surface area contributed by atoms with Crippen molar-refractivity contribution in [2.45, 2.75) is 15.0 Å². The molecule has 0 aliphatic rings. The summed E-state index contributed by atoms with van der Waals surface area (Å²) >= 11 is 30.3. The molecule has 0 heterocycles. The summed E-state index contributed by atoms with van der Waals surface area (Å²) < 4.78 is -1.33. The van der Waals surface area contributed by atoms with Crippen molar-refractivity contribution < 1.29 is 0 Å². The van der Waals surface area contributed by atoms with E-state index in [-0.39, 0.29) is 6.42 Å². The van der Waals surface area contributed by atoms with Gasteiger partial charge in [-0.3, -0.25) is 0 Å². The number of hydrogen-bond donors (Lipinski definition) is 0. The van der Waals surface area contributed by atoms with Crippen LogP contribution in [0.5, 0.6) is 0 Å². The smallest absolute Gasteiger partial charge is 0.113 e. The van der Waals surface area contributed by atoms with E-state index in [0.29, 0.717) is 0 Å². The molecule has 3 radical (unpaired) electrons. The lowest BCUT2D eigenvalue weighted by Gasteiger charge is -2.09. The first kappa shape index (κ1) is 14.3. The first-order valence-corrected chi connectivity index (χ1v) is 4.34. The third-order valence-electron chi connectivity index (χ3n) is 0.386. The molecule has 0 spiro atoms. The first-order valence-electron chi connectivity index (χ1n) is 1.95. The van der Waals surface area contributed by atoms with Gasteiger partial charge in [0, 0.05) is 6.42 Å². The van der Waals surface area contributed by atoms with E-state index in [9.17, 15) is 0 Å².